The van der Waals surface area contributed by atoms with Gasteiger partial charge in [-0.05, 0) is 63.0 Å². The SMILES string of the molecule is CCCCCCCCN(C)CCCC(C#N)(c1cc(OC)c(OC)c(OC)c1)C(C)C. The van der Waals surface area contributed by atoms with Gasteiger partial charge in [-0.3, -0.25) is 0 Å². The van der Waals surface area contributed by atoms with Crippen LogP contribution in [0.1, 0.15) is 77.7 Å². The normalized spacial score (nSPS) is 13.2. The third-order valence-corrected chi connectivity index (χ3v) is 6.37. The summed E-state index contributed by atoms with van der Waals surface area (Å²) in [5, 5.41) is 10.3. The van der Waals surface area contributed by atoms with Crippen molar-refractivity contribution in [2.24, 2.45) is 5.92 Å². The number of rotatable bonds is 16. The molecule has 0 saturated heterocycles. The van der Waals surface area contributed by atoms with E-state index < -0.39 is 5.41 Å². The topological polar surface area (TPSA) is 54.7 Å². The van der Waals surface area contributed by atoms with E-state index in [-0.39, 0.29) is 5.92 Å². The van der Waals surface area contributed by atoms with Crippen LogP contribution in [0.4, 0.5) is 0 Å². The molecule has 1 unspecified atom stereocenters. The Labute approximate surface area is 190 Å². The summed E-state index contributed by atoms with van der Waals surface area (Å²) in [5.74, 6) is 1.90. The summed E-state index contributed by atoms with van der Waals surface area (Å²) < 4.78 is 16.5. The van der Waals surface area contributed by atoms with Crippen LogP contribution >= 0.6 is 0 Å². The Bertz CT molecular complexity index is 659. The maximum atomic E-state index is 10.3. The number of nitriles is 1. The molecule has 1 rings (SSSR count). The Kier molecular flexibility index (Phi) is 12.4. The zero-order chi connectivity index (χ0) is 23.3. The highest BCUT2D eigenvalue weighted by atomic mass is 16.5. The molecule has 0 N–H and O–H groups in total. The number of ether oxygens (including phenoxy) is 3. The van der Waals surface area contributed by atoms with E-state index in [4.69, 9.17) is 14.2 Å². The molecule has 0 aliphatic rings. The van der Waals surface area contributed by atoms with Crippen LogP contribution in [0.5, 0.6) is 17.2 Å². The minimum atomic E-state index is -0.603. The summed E-state index contributed by atoms with van der Waals surface area (Å²) >= 11 is 0. The smallest absolute Gasteiger partial charge is 0.203 e. The predicted molar refractivity (Wildman–Crippen MR) is 128 cm³/mol. The zero-order valence-electron chi connectivity index (χ0n) is 20.9. The Balaban J connectivity index is 2.84. The van der Waals surface area contributed by atoms with Crippen LogP contribution in [0.15, 0.2) is 12.1 Å². The first-order chi connectivity index (χ1) is 14.9. The number of hydrogen-bond donors (Lipinski definition) is 0. The number of hydrogen-bond acceptors (Lipinski definition) is 5. The summed E-state index contributed by atoms with van der Waals surface area (Å²) in [6, 6.07) is 6.52. The van der Waals surface area contributed by atoms with Crippen LogP contribution in [0.2, 0.25) is 0 Å². The molecule has 5 heteroatoms. The molecule has 0 radical (unpaired) electrons. The summed E-state index contributed by atoms with van der Waals surface area (Å²) in [6.07, 6.45) is 9.66. The van der Waals surface area contributed by atoms with Crippen LogP contribution < -0.4 is 14.2 Å². The van der Waals surface area contributed by atoms with E-state index in [1.54, 1.807) is 21.3 Å². The lowest BCUT2D eigenvalue weighted by molar-refractivity contribution is 0.284. The number of methoxy groups -OCH3 is 3. The third kappa shape index (κ3) is 7.61. The van der Waals surface area contributed by atoms with Gasteiger partial charge in [0.1, 0.15) is 0 Å². The first-order valence-electron chi connectivity index (χ1n) is 11.8. The highest BCUT2D eigenvalue weighted by Crippen LogP contribution is 2.45. The number of nitrogens with zero attached hydrogens (tertiary/aromatic N) is 2. The summed E-state index contributed by atoms with van der Waals surface area (Å²) in [7, 11) is 7.01. The van der Waals surface area contributed by atoms with Crippen molar-refractivity contribution in [2.45, 2.75) is 77.6 Å². The molecule has 0 heterocycles. The standard InChI is InChI=1S/C26H44N2O3/c1-8-9-10-11-12-13-16-28(4)17-14-15-26(20-27,21(2)3)22-18-23(29-5)25(31-7)24(19-22)30-6/h18-19,21H,8-17H2,1-7H3. The van der Waals surface area contributed by atoms with Gasteiger partial charge in [0.15, 0.2) is 11.5 Å². The van der Waals surface area contributed by atoms with Gasteiger partial charge in [0.25, 0.3) is 0 Å². The third-order valence-electron chi connectivity index (χ3n) is 6.37. The number of unbranched alkanes of at least 4 members (excludes halogenated alkanes) is 5. The first kappa shape index (κ1) is 27.1. The molecule has 0 aromatic heterocycles. The van der Waals surface area contributed by atoms with Crippen molar-refractivity contribution in [2.75, 3.05) is 41.5 Å². The highest BCUT2D eigenvalue weighted by molar-refractivity contribution is 5.56. The molecular weight excluding hydrogens is 388 g/mol. The average Bonchev–Trinajstić information content (AvgIpc) is 2.77. The van der Waals surface area contributed by atoms with Crippen LogP contribution in [0.25, 0.3) is 0 Å². The van der Waals surface area contributed by atoms with Gasteiger partial charge >= 0.3 is 0 Å². The fraction of sp³-hybridized carbons (Fsp3) is 0.731. The first-order valence-corrected chi connectivity index (χ1v) is 11.8. The van der Waals surface area contributed by atoms with E-state index >= 15 is 0 Å². The second kappa shape index (κ2) is 14.2. The van der Waals surface area contributed by atoms with Crippen molar-refractivity contribution in [1.29, 1.82) is 5.26 Å². The molecule has 1 atom stereocenters. The minimum absolute atomic E-state index is 0.157. The molecular formula is C26H44N2O3. The van der Waals surface area contributed by atoms with Crippen molar-refractivity contribution >= 4 is 0 Å². The minimum Gasteiger partial charge on any atom is -0.493 e. The second-order valence-corrected chi connectivity index (χ2v) is 8.83. The van der Waals surface area contributed by atoms with Gasteiger partial charge in [0, 0.05) is 0 Å². The molecule has 0 fully saturated rings. The maximum Gasteiger partial charge on any atom is 0.203 e. The quantitative estimate of drug-likeness (QED) is 0.291. The fourth-order valence-electron chi connectivity index (χ4n) is 4.26. The van der Waals surface area contributed by atoms with Crippen molar-refractivity contribution in [3.8, 4) is 23.3 Å². The van der Waals surface area contributed by atoms with Gasteiger partial charge in [0.05, 0.1) is 32.8 Å². The van der Waals surface area contributed by atoms with Crippen LogP contribution in [0.3, 0.4) is 0 Å². The Morgan fingerprint density at radius 1 is 0.903 bits per heavy atom. The van der Waals surface area contributed by atoms with Crippen LogP contribution in [-0.2, 0) is 5.41 Å². The zero-order valence-corrected chi connectivity index (χ0v) is 20.9. The van der Waals surface area contributed by atoms with E-state index in [0.717, 1.165) is 31.5 Å². The van der Waals surface area contributed by atoms with E-state index in [0.29, 0.717) is 17.2 Å². The molecule has 5 nitrogen and oxygen atoms in total. The predicted octanol–water partition coefficient (Wildman–Crippen LogP) is 6.20. The average molecular weight is 433 g/mol. The van der Waals surface area contributed by atoms with Gasteiger partial charge in [-0.2, -0.15) is 5.26 Å². The van der Waals surface area contributed by atoms with E-state index in [2.05, 4.69) is 38.8 Å². The lowest BCUT2D eigenvalue weighted by Crippen LogP contribution is -2.32. The van der Waals surface area contributed by atoms with Crippen molar-refractivity contribution in [3.63, 3.8) is 0 Å². The van der Waals surface area contributed by atoms with Crippen LogP contribution in [-0.4, -0.2) is 46.4 Å². The molecule has 0 aliphatic carbocycles. The Morgan fingerprint density at radius 2 is 1.45 bits per heavy atom. The van der Waals surface area contributed by atoms with Crippen molar-refractivity contribution in [3.05, 3.63) is 17.7 Å². The molecule has 31 heavy (non-hydrogen) atoms. The highest BCUT2D eigenvalue weighted by Gasteiger charge is 2.37. The monoisotopic (exact) mass is 432 g/mol. The largest absolute Gasteiger partial charge is 0.493 e. The molecule has 1 aromatic carbocycles. The Hall–Kier alpha value is -1.93. The lowest BCUT2D eigenvalue weighted by Gasteiger charge is -2.33. The molecule has 176 valence electrons. The molecule has 0 amide bonds. The summed E-state index contributed by atoms with van der Waals surface area (Å²) in [4.78, 5) is 2.40. The second-order valence-electron chi connectivity index (χ2n) is 8.83. The molecule has 0 bridgehead atoms. The van der Waals surface area contributed by atoms with E-state index in [9.17, 15) is 5.26 Å². The van der Waals surface area contributed by atoms with Crippen molar-refractivity contribution in [1.82, 2.24) is 4.90 Å². The summed E-state index contributed by atoms with van der Waals surface area (Å²) in [5.41, 5.74) is 0.325. The van der Waals surface area contributed by atoms with E-state index in [1.807, 2.05) is 12.1 Å². The van der Waals surface area contributed by atoms with Crippen LogP contribution in [0, 0.1) is 17.2 Å². The molecule has 1 aromatic rings. The fourth-order valence-corrected chi connectivity index (χ4v) is 4.26. The molecule has 0 aliphatic heterocycles. The van der Waals surface area contributed by atoms with Gasteiger partial charge < -0.3 is 19.1 Å². The number of benzene rings is 1. The lowest BCUT2D eigenvalue weighted by atomic mass is 9.69. The van der Waals surface area contributed by atoms with Gasteiger partial charge in [-0.15, -0.1) is 0 Å². The van der Waals surface area contributed by atoms with Gasteiger partial charge in [0.2, 0.25) is 5.75 Å². The van der Waals surface area contributed by atoms with E-state index in [1.165, 1.54) is 38.5 Å². The van der Waals surface area contributed by atoms with Gasteiger partial charge in [-0.1, -0.05) is 52.9 Å². The maximum absolute atomic E-state index is 10.3. The Morgan fingerprint density at radius 3 is 1.94 bits per heavy atom. The molecule has 0 spiro atoms. The summed E-state index contributed by atoms with van der Waals surface area (Å²) in [6.45, 7) is 8.61. The molecule has 0 saturated carbocycles. The van der Waals surface area contributed by atoms with Gasteiger partial charge in [-0.25, -0.2) is 0 Å². The van der Waals surface area contributed by atoms with Crippen molar-refractivity contribution < 1.29 is 14.2 Å².